The minimum Gasteiger partial charge on any atom is -0.496 e. The van der Waals surface area contributed by atoms with Crippen molar-refractivity contribution in [2.75, 3.05) is 26.9 Å². The minimum absolute atomic E-state index is 0.211. The number of Topliss-reactive ketones (excluding diaryl/α,β-unsaturated/α-hetero) is 1. The van der Waals surface area contributed by atoms with Gasteiger partial charge >= 0.3 is 5.97 Å². The molecule has 36 heavy (non-hydrogen) atoms. The summed E-state index contributed by atoms with van der Waals surface area (Å²) in [6.07, 6.45) is -0.211. The molecule has 2 heterocycles. The zero-order valence-corrected chi connectivity index (χ0v) is 20.4. The van der Waals surface area contributed by atoms with Crippen molar-refractivity contribution in [1.82, 2.24) is 9.88 Å². The van der Waals surface area contributed by atoms with E-state index < -0.39 is 18.5 Å². The largest absolute Gasteiger partial charge is 0.496 e. The van der Waals surface area contributed by atoms with Gasteiger partial charge < -0.3 is 28.8 Å². The number of hydrogen-bond donors (Lipinski definition) is 1. The zero-order valence-electron chi connectivity index (χ0n) is 20.4. The van der Waals surface area contributed by atoms with Gasteiger partial charge in [-0.3, -0.25) is 14.4 Å². The van der Waals surface area contributed by atoms with Gasteiger partial charge in [0.15, 0.2) is 24.2 Å². The highest BCUT2D eigenvalue weighted by molar-refractivity contribution is 6.00. The van der Waals surface area contributed by atoms with E-state index in [1.54, 1.807) is 30.3 Å². The number of nitrogens with zero attached hydrogens (tertiary/aromatic N) is 1. The highest BCUT2D eigenvalue weighted by atomic mass is 16.6. The van der Waals surface area contributed by atoms with Crippen LogP contribution >= 0.6 is 0 Å². The molecule has 1 unspecified atom stereocenters. The number of methoxy groups -OCH3 is 1. The predicted octanol–water partition coefficient (Wildman–Crippen LogP) is 3.11. The third-order valence-corrected chi connectivity index (χ3v) is 5.94. The number of fused-ring (bicyclic) bond motifs is 1. The normalized spacial score (nSPS) is 14.1. The lowest BCUT2D eigenvalue weighted by Crippen LogP contribution is -2.33. The number of aromatic nitrogens is 1. The van der Waals surface area contributed by atoms with E-state index in [4.69, 9.17) is 18.9 Å². The molecule has 2 aromatic carbocycles. The zero-order chi connectivity index (χ0) is 25.7. The maximum absolute atomic E-state index is 12.8. The Bertz CT molecular complexity index is 1280. The summed E-state index contributed by atoms with van der Waals surface area (Å²) >= 11 is 0. The van der Waals surface area contributed by atoms with Crippen molar-refractivity contribution in [2.45, 2.75) is 26.5 Å². The number of rotatable bonds is 9. The Morgan fingerprint density at radius 1 is 1.03 bits per heavy atom. The van der Waals surface area contributed by atoms with Crippen molar-refractivity contribution in [1.29, 1.82) is 0 Å². The Kier molecular flexibility index (Phi) is 7.58. The molecule has 0 saturated heterocycles. The molecule has 0 saturated carbocycles. The van der Waals surface area contributed by atoms with Crippen LogP contribution in [-0.2, 0) is 16.1 Å². The number of benzene rings is 2. The average molecular weight is 493 g/mol. The molecule has 188 valence electrons. The van der Waals surface area contributed by atoms with E-state index in [1.165, 1.54) is 7.11 Å². The molecule has 1 aliphatic rings. The third kappa shape index (κ3) is 5.51. The Balaban J connectivity index is 1.30. The fraction of sp³-hybridized carbons (Fsp3) is 0.296. The first-order valence-electron chi connectivity index (χ1n) is 11.5. The number of carbonyl (C=O) groups is 3. The number of esters is 1. The van der Waals surface area contributed by atoms with Gasteiger partial charge in [0.05, 0.1) is 19.2 Å². The second-order valence-electron chi connectivity index (χ2n) is 8.36. The fourth-order valence-corrected chi connectivity index (χ4v) is 4.08. The molecule has 0 spiro atoms. The van der Waals surface area contributed by atoms with Gasteiger partial charge in [-0.1, -0.05) is 24.3 Å². The topological polar surface area (TPSA) is 105 Å². The van der Waals surface area contributed by atoms with Gasteiger partial charge in [-0.25, -0.2) is 0 Å². The van der Waals surface area contributed by atoms with Crippen molar-refractivity contribution in [3.05, 3.63) is 77.1 Å². The molecule has 0 aliphatic carbocycles. The number of carbonyl (C=O) groups excluding carboxylic acids is 3. The first-order valence-corrected chi connectivity index (χ1v) is 11.5. The SMILES string of the molecule is COc1ccccc1C(=O)NCC(=O)OCC(=O)c1cc(C)n(CC2COc3ccccc3O2)c1C. The van der Waals surface area contributed by atoms with E-state index in [0.717, 1.165) is 11.4 Å². The number of amides is 1. The molecule has 9 heteroatoms. The van der Waals surface area contributed by atoms with E-state index in [9.17, 15) is 14.4 Å². The molecule has 1 aliphatic heterocycles. The molecule has 0 fully saturated rings. The van der Waals surface area contributed by atoms with Crippen LogP contribution in [0.2, 0.25) is 0 Å². The van der Waals surface area contributed by atoms with Gasteiger partial charge in [0, 0.05) is 17.0 Å². The lowest BCUT2D eigenvalue weighted by Gasteiger charge is -2.27. The van der Waals surface area contributed by atoms with Crippen molar-refractivity contribution in [3.8, 4) is 17.2 Å². The lowest BCUT2D eigenvalue weighted by atomic mass is 10.1. The summed E-state index contributed by atoms with van der Waals surface area (Å²) < 4.78 is 24.1. The minimum atomic E-state index is -0.716. The van der Waals surface area contributed by atoms with Crippen molar-refractivity contribution >= 4 is 17.7 Å². The van der Waals surface area contributed by atoms with Crippen molar-refractivity contribution < 1.29 is 33.3 Å². The van der Waals surface area contributed by atoms with E-state index >= 15 is 0 Å². The molecule has 1 aromatic heterocycles. The Labute approximate surface area is 208 Å². The van der Waals surface area contributed by atoms with Gasteiger partial charge in [-0.2, -0.15) is 0 Å². The number of aryl methyl sites for hydroxylation is 1. The summed E-state index contributed by atoms with van der Waals surface area (Å²) in [7, 11) is 1.46. The molecular formula is C27H28N2O7. The van der Waals surface area contributed by atoms with Crippen LogP contribution in [0, 0.1) is 13.8 Å². The van der Waals surface area contributed by atoms with Gasteiger partial charge in [0.25, 0.3) is 5.91 Å². The summed E-state index contributed by atoms with van der Waals surface area (Å²) in [5.41, 5.74) is 2.40. The Morgan fingerprint density at radius 3 is 2.53 bits per heavy atom. The summed E-state index contributed by atoms with van der Waals surface area (Å²) in [6.45, 7) is 3.85. The molecular weight excluding hydrogens is 464 g/mol. The number of ether oxygens (including phenoxy) is 4. The maximum Gasteiger partial charge on any atom is 0.325 e. The monoisotopic (exact) mass is 492 g/mol. The van der Waals surface area contributed by atoms with Crippen LogP contribution in [0.5, 0.6) is 17.2 Å². The molecule has 1 atom stereocenters. The second-order valence-corrected chi connectivity index (χ2v) is 8.36. The Hall–Kier alpha value is -4.27. The third-order valence-electron chi connectivity index (χ3n) is 5.94. The van der Waals surface area contributed by atoms with E-state index in [2.05, 4.69) is 5.32 Å². The average Bonchev–Trinajstić information content (AvgIpc) is 3.18. The van der Waals surface area contributed by atoms with Crippen LogP contribution in [0.4, 0.5) is 0 Å². The highest BCUT2D eigenvalue weighted by Gasteiger charge is 2.24. The van der Waals surface area contributed by atoms with Gasteiger partial charge in [-0.05, 0) is 44.2 Å². The van der Waals surface area contributed by atoms with E-state index in [-0.39, 0.29) is 18.4 Å². The molecule has 0 bridgehead atoms. The van der Waals surface area contributed by atoms with Gasteiger partial charge in [0.2, 0.25) is 5.78 Å². The van der Waals surface area contributed by atoms with Crippen LogP contribution in [0.15, 0.2) is 54.6 Å². The number of ketones is 1. The standard InChI is InChI=1S/C27H28N2O7/c1-17-12-21(18(2)29(17)14-19-15-34-24-10-6-7-11-25(24)36-19)22(30)16-35-26(31)13-28-27(32)20-8-4-5-9-23(20)33-3/h4-12,19H,13-16H2,1-3H3,(H,28,32). The summed E-state index contributed by atoms with van der Waals surface area (Å²) in [6, 6.07) is 15.9. The van der Waals surface area contributed by atoms with Gasteiger partial charge in [0.1, 0.15) is 18.9 Å². The summed E-state index contributed by atoms with van der Waals surface area (Å²) in [5.74, 6) is 0.277. The number of nitrogens with one attached hydrogen (secondary N) is 1. The first kappa shape index (κ1) is 24.8. The van der Waals surface area contributed by atoms with Crippen LogP contribution in [0.25, 0.3) is 0 Å². The summed E-state index contributed by atoms with van der Waals surface area (Å²) in [5, 5.41) is 2.48. The first-order chi connectivity index (χ1) is 17.4. The van der Waals surface area contributed by atoms with Crippen LogP contribution in [-0.4, -0.2) is 55.2 Å². The molecule has 1 amide bonds. The summed E-state index contributed by atoms with van der Waals surface area (Å²) in [4.78, 5) is 37.2. The van der Waals surface area contributed by atoms with Crippen LogP contribution in [0.3, 0.4) is 0 Å². The molecule has 9 nitrogen and oxygen atoms in total. The fourth-order valence-electron chi connectivity index (χ4n) is 4.08. The molecule has 0 radical (unpaired) electrons. The smallest absolute Gasteiger partial charge is 0.325 e. The molecule has 3 aromatic rings. The molecule has 1 N–H and O–H groups in total. The highest BCUT2D eigenvalue weighted by Crippen LogP contribution is 2.31. The Morgan fingerprint density at radius 2 is 1.75 bits per heavy atom. The molecule has 4 rings (SSSR count). The lowest BCUT2D eigenvalue weighted by molar-refractivity contribution is -0.141. The second kappa shape index (κ2) is 11.0. The number of hydrogen-bond acceptors (Lipinski definition) is 7. The van der Waals surface area contributed by atoms with Crippen molar-refractivity contribution in [3.63, 3.8) is 0 Å². The van der Waals surface area contributed by atoms with Gasteiger partial charge in [-0.15, -0.1) is 0 Å². The van der Waals surface area contributed by atoms with Crippen LogP contribution in [0.1, 0.15) is 32.1 Å². The quantitative estimate of drug-likeness (QED) is 0.361. The number of para-hydroxylation sites is 3. The predicted molar refractivity (Wildman–Crippen MR) is 131 cm³/mol. The van der Waals surface area contributed by atoms with Crippen LogP contribution < -0.4 is 19.5 Å². The van der Waals surface area contributed by atoms with E-state index in [0.29, 0.717) is 41.5 Å². The maximum atomic E-state index is 12.8. The van der Waals surface area contributed by atoms with E-state index in [1.807, 2.05) is 42.7 Å². The van der Waals surface area contributed by atoms with Crippen molar-refractivity contribution in [2.24, 2.45) is 0 Å².